The molecule has 0 spiro atoms. The molecule has 0 aliphatic carbocycles. The van der Waals surface area contributed by atoms with E-state index < -0.39 is 6.10 Å². The van der Waals surface area contributed by atoms with Gasteiger partial charge in [0.25, 0.3) is 0 Å². The quantitative estimate of drug-likeness (QED) is 0.0303. The molecule has 3 rings (SSSR count). The fourth-order valence-electron chi connectivity index (χ4n) is 7.25. The van der Waals surface area contributed by atoms with Crippen LogP contribution in [0.5, 0.6) is 0 Å². The van der Waals surface area contributed by atoms with Crippen LogP contribution in [-0.2, 0) is 19.0 Å². The van der Waals surface area contributed by atoms with Crippen LogP contribution in [-0.4, -0.2) is 69.8 Å². The molecule has 0 bridgehead atoms. The Morgan fingerprint density at radius 3 is 1.78 bits per heavy atom. The molecule has 0 aromatic carbocycles. The first kappa shape index (κ1) is 38.0. The van der Waals surface area contributed by atoms with E-state index in [1.807, 2.05) is 13.0 Å². The Kier molecular flexibility index (Phi) is 18.7. The van der Waals surface area contributed by atoms with Crippen LogP contribution in [0.25, 0.3) is 0 Å². The fourth-order valence-corrected chi connectivity index (χ4v) is 7.25. The number of hydrogen-bond donors (Lipinski definition) is 3. The Bertz CT molecular complexity index is 877. The summed E-state index contributed by atoms with van der Waals surface area (Å²) in [6.45, 7) is 4.14. The van der Waals surface area contributed by atoms with E-state index in [9.17, 15) is 20.2 Å². The lowest BCUT2D eigenvalue weighted by Gasteiger charge is -2.24. The van der Waals surface area contributed by atoms with Gasteiger partial charge in [0.1, 0.15) is 6.10 Å². The molecule has 8 nitrogen and oxygen atoms in total. The molecule has 2 saturated heterocycles. The van der Waals surface area contributed by atoms with Gasteiger partial charge in [0.05, 0.1) is 42.3 Å². The molecule has 3 heterocycles. The van der Waals surface area contributed by atoms with Gasteiger partial charge in [-0.15, -0.1) is 0 Å². The summed E-state index contributed by atoms with van der Waals surface area (Å²) in [6, 6.07) is 0. The van der Waals surface area contributed by atoms with Crippen LogP contribution in [0.2, 0.25) is 0 Å². The molecule has 260 valence electrons. The van der Waals surface area contributed by atoms with E-state index in [4.69, 9.17) is 14.2 Å². The average molecular weight is 636 g/mol. The van der Waals surface area contributed by atoms with Crippen molar-refractivity contribution in [3.63, 3.8) is 0 Å². The van der Waals surface area contributed by atoms with Crippen LogP contribution in [0.4, 0.5) is 0 Å². The number of unbranched alkanes of at least 4 members (excludes halogenated alkanes) is 12. The highest BCUT2D eigenvalue weighted by atomic mass is 16.6. The minimum absolute atomic E-state index is 0.0121. The molecule has 0 amide bonds. The number of carbonyl (C=O) groups is 1. The zero-order valence-corrected chi connectivity index (χ0v) is 28.5. The molecule has 2 fully saturated rings. The zero-order valence-electron chi connectivity index (χ0n) is 28.5. The number of aliphatic hydroxyl groups excluding tert-OH is 2. The van der Waals surface area contributed by atoms with Gasteiger partial charge in [-0.3, -0.25) is 0 Å². The van der Waals surface area contributed by atoms with Gasteiger partial charge in [-0.25, -0.2) is 4.79 Å². The van der Waals surface area contributed by atoms with Gasteiger partial charge in [-0.1, -0.05) is 89.1 Å². The van der Waals surface area contributed by atoms with Gasteiger partial charge in [0.2, 0.25) is 0 Å². The topological polar surface area (TPSA) is 118 Å². The maximum Gasteiger partial charge on any atom is 0.334 e. The third kappa shape index (κ3) is 14.4. The lowest BCUT2D eigenvalue weighted by atomic mass is 9.99. The second kappa shape index (κ2) is 22.2. The van der Waals surface area contributed by atoms with Crippen LogP contribution in [0.1, 0.15) is 168 Å². The van der Waals surface area contributed by atoms with Crippen molar-refractivity contribution in [2.24, 2.45) is 5.16 Å². The van der Waals surface area contributed by atoms with Gasteiger partial charge in [-0.05, 0) is 90.0 Å². The van der Waals surface area contributed by atoms with Crippen molar-refractivity contribution >= 4 is 11.7 Å². The van der Waals surface area contributed by atoms with Crippen molar-refractivity contribution in [2.45, 2.75) is 211 Å². The first-order chi connectivity index (χ1) is 21.9. The Hall–Kier alpha value is -1.48. The molecular weight excluding hydrogens is 570 g/mol. The van der Waals surface area contributed by atoms with E-state index in [2.05, 4.69) is 12.1 Å². The van der Waals surface area contributed by atoms with Crippen molar-refractivity contribution in [2.75, 3.05) is 0 Å². The second-order valence-corrected chi connectivity index (χ2v) is 14.0. The molecule has 0 unspecified atom stereocenters. The Labute approximate surface area is 273 Å². The highest BCUT2D eigenvalue weighted by Crippen LogP contribution is 2.34. The summed E-state index contributed by atoms with van der Waals surface area (Å²) in [6.07, 6.45) is 25.4. The van der Waals surface area contributed by atoms with Crippen LogP contribution < -0.4 is 0 Å². The third-order valence-electron chi connectivity index (χ3n) is 10.1. The number of rotatable bonds is 25. The molecule has 8 heteroatoms. The number of hydrogen-bond acceptors (Lipinski definition) is 8. The molecule has 7 atom stereocenters. The van der Waals surface area contributed by atoms with Gasteiger partial charge in [0.15, 0.2) is 0 Å². The van der Waals surface area contributed by atoms with E-state index in [1.54, 1.807) is 0 Å². The highest BCUT2D eigenvalue weighted by Gasteiger charge is 2.40. The Morgan fingerprint density at radius 2 is 1.24 bits per heavy atom. The molecule has 0 aromatic rings. The highest BCUT2D eigenvalue weighted by molar-refractivity contribution is 5.90. The van der Waals surface area contributed by atoms with E-state index >= 15 is 0 Å². The van der Waals surface area contributed by atoms with Gasteiger partial charge in [-0.2, -0.15) is 0 Å². The Morgan fingerprint density at radius 1 is 0.756 bits per heavy atom. The first-order valence-electron chi connectivity index (χ1n) is 18.7. The molecule has 3 aliphatic heterocycles. The summed E-state index contributed by atoms with van der Waals surface area (Å²) in [5, 5.41) is 34.5. The molecule has 45 heavy (non-hydrogen) atoms. The van der Waals surface area contributed by atoms with Crippen molar-refractivity contribution < 1.29 is 34.4 Å². The van der Waals surface area contributed by atoms with Crippen molar-refractivity contribution in [3.05, 3.63) is 11.6 Å². The van der Waals surface area contributed by atoms with E-state index in [0.717, 1.165) is 114 Å². The number of aliphatic hydroxyl groups is 2. The molecule has 0 aromatic heterocycles. The molecule has 0 radical (unpaired) electrons. The van der Waals surface area contributed by atoms with E-state index in [-0.39, 0.29) is 42.6 Å². The average Bonchev–Trinajstić information content (AvgIpc) is 3.79. The van der Waals surface area contributed by atoms with Gasteiger partial charge >= 0.3 is 5.97 Å². The summed E-state index contributed by atoms with van der Waals surface area (Å²) < 4.78 is 17.7. The predicted octanol–water partition coefficient (Wildman–Crippen LogP) is 8.33. The number of esters is 1. The normalized spacial score (nSPS) is 26.8. The summed E-state index contributed by atoms with van der Waals surface area (Å²) in [5.41, 5.74) is 1.66. The molecule has 3 N–H and O–H groups in total. The first-order valence-corrected chi connectivity index (χ1v) is 18.7. The van der Waals surface area contributed by atoms with Crippen LogP contribution in [0, 0.1) is 0 Å². The molecular formula is C37H65NO7. The van der Waals surface area contributed by atoms with Gasteiger partial charge < -0.3 is 29.6 Å². The largest absolute Gasteiger partial charge is 0.455 e. The maximum atomic E-state index is 11.7. The monoisotopic (exact) mass is 635 g/mol. The number of cyclic esters (lactones) is 1. The van der Waals surface area contributed by atoms with Crippen LogP contribution >= 0.6 is 0 Å². The predicted molar refractivity (Wildman–Crippen MR) is 179 cm³/mol. The number of ether oxygens (including phenoxy) is 3. The number of carbonyl (C=O) groups excluding carboxylic acids is 1. The molecule has 0 saturated carbocycles. The van der Waals surface area contributed by atoms with Crippen LogP contribution in [0.15, 0.2) is 16.8 Å². The number of oxime groups is 1. The standard InChI is InChI=1S/C37H65NO7/c1-3-4-5-6-7-8-12-15-21-31(39)33-23-25-35(44-33)36-26-24-34(45-36)32(40)22-17-16-20-30(38-42)19-14-11-9-10-13-18-29-27-28(2)43-37(29)41/h27-28,31-36,39-40,42H,3-26H2,1-2H3/b38-30+/t28-,31-,32+,33+,34+,35+,36+/m0/s1. The zero-order chi connectivity index (χ0) is 32.3. The van der Waals surface area contributed by atoms with Crippen molar-refractivity contribution in [3.8, 4) is 0 Å². The van der Waals surface area contributed by atoms with Crippen molar-refractivity contribution in [1.82, 2.24) is 0 Å². The summed E-state index contributed by atoms with van der Waals surface area (Å²) >= 11 is 0. The van der Waals surface area contributed by atoms with E-state index in [1.165, 1.54) is 44.9 Å². The van der Waals surface area contributed by atoms with Crippen LogP contribution in [0.3, 0.4) is 0 Å². The number of nitrogens with zero attached hydrogens (tertiary/aromatic N) is 1. The summed E-state index contributed by atoms with van der Waals surface area (Å²) in [7, 11) is 0. The fraction of sp³-hybridized carbons (Fsp3) is 0.892. The van der Waals surface area contributed by atoms with E-state index in [0.29, 0.717) is 6.42 Å². The lowest BCUT2D eigenvalue weighted by Crippen LogP contribution is -2.33. The van der Waals surface area contributed by atoms with Crippen molar-refractivity contribution in [1.29, 1.82) is 0 Å². The second-order valence-electron chi connectivity index (χ2n) is 14.0. The minimum atomic E-state index is -0.487. The smallest absolute Gasteiger partial charge is 0.334 e. The third-order valence-corrected chi connectivity index (χ3v) is 10.1. The molecule has 3 aliphatic rings. The lowest BCUT2D eigenvalue weighted by molar-refractivity contribution is -0.139. The van der Waals surface area contributed by atoms with Gasteiger partial charge in [0, 0.05) is 5.57 Å². The minimum Gasteiger partial charge on any atom is -0.455 e. The summed E-state index contributed by atoms with van der Waals surface area (Å²) in [5.74, 6) is -0.160. The Balaban J connectivity index is 1.17. The summed E-state index contributed by atoms with van der Waals surface area (Å²) in [4.78, 5) is 11.7. The SMILES string of the molecule is CCCCCCCCCC[C@H](O)[C@H]1CC[C@H]([C@H]2CC[C@H]([C@H](O)CCCC/C(CCCCCCCC3=C[C@H](C)OC3=O)=N/O)O2)O1. The maximum absolute atomic E-state index is 11.7.